The van der Waals surface area contributed by atoms with E-state index < -0.39 is 5.97 Å². The third kappa shape index (κ3) is 2.08. The molecule has 1 N–H and O–H groups in total. The van der Waals surface area contributed by atoms with Crippen molar-refractivity contribution in [2.45, 2.75) is 18.4 Å². The molecule has 1 rings (SSSR count). The van der Waals surface area contributed by atoms with Crippen LogP contribution in [0.25, 0.3) is 0 Å². The predicted molar refractivity (Wildman–Crippen MR) is 54.1 cm³/mol. The molecular formula is C8H10O2S2. The van der Waals surface area contributed by atoms with Crippen LogP contribution in [0, 0.1) is 0 Å². The van der Waals surface area contributed by atoms with E-state index in [2.05, 4.69) is 0 Å². The molecule has 0 aliphatic carbocycles. The minimum absolute atomic E-state index is 0.265. The molecule has 0 fully saturated rings. The van der Waals surface area contributed by atoms with Crippen LogP contribution in [0.3, 0.4) is 0 Å². The summed E-state index contributed by atoms with van der Waals surface area (Å²) in [6, 6.07) is 0. The fourth-order valence-corrected chi connectivity index (χ4v) is 2.99. The van der Waals surface area contributed by atoms with Gasteiger partial charge in [0, 0.05) is 5.57 Å². The van der Waals surface area contributed by atoms with Gasteiger partial charge in [0.25, 0.3) is 0 Å². The van der Waals surface area contributed by atoms with Gasteiger partial charge in [0.05, 0.1) is 4.58 Å². The molecule has 12 heavy (non-hydrogen) atoms. The molecule has 0 aromatic rings. The third-order valence-corrected chi connectivity index (χ3v) is 4.35. The maximum Gasteiger partial charge on any atom is 0.331 e. The Balaban J connectivity index is 2.74. The maximum absolute atomic E-state index is 10.6. The van der Waals surface area contributed by atoms with E-state index in [9.17, 15) is 4.79 Å². The number of carboxylic acids is 1. The number of rotatable bonds is 2. The summed E-state index contributed by atoms with van der Waals surface area (Å²) in [5.74, 6) is -0.819. The standard InChI is InChI=1S/C8H10O2S2/c1-5(7(9)10)6(2)8-11-3-4-12-8/h3-4,8H,1-2H3,(H,9,10). The molecule has 1 aliphatic heterocycles. The SMILES string of the molecule is CC(C(=O)O)=C(C)C1SC=CS1. The lowest BCUT2D eigenvalue weighted by atomic mass is 10.2. The Kier molecular flexibility index (Phi) is 3.29. The Morgan fingerprint density at radius 2 is 1.83 bits per heavy atom. The molecule has 1 heterocycles. The number of carbonyl (C=O) groups is 1. The van der Waals surface area contributed by atoms with Gasteiger partial charge >= 0.3 is 5.97 Å². The lowest BCUT2D eigenvalue weighted by Gasteiger charge is -2.09. The van der Waals surface area contributed by atoms with Gasteiger partial charge in [0.2, 0.25) is 0 Å². The van der Waals surface area contributed by atoms with Crippen LogP contribution in [0.15, 0.2) is 22.0 Å². The molecular weight excluding hydrogens is 192 g/mol. The summed E-state index contributed by atoms with van der Waals surface area (Å²) in [5, 5.41) is 12.7. The van der Waals surface area contributed by atoms with Crippen LogP contribution >= 0.6 is 23.5 Å². The summed E-state index contributed by atoms with van der Waals surface area (Å²) in [5.41, 5.74) is 1.41. The fraction of sp³-hybridized carbons (Fsp3) is 0.375. The van der Waals surface area contributed by atoms with Crippen molar-refractivity contribution < 1.29 is 9.90 Å². The molecule has 4 heteroatoms. The van der Waals surface area contributed by atoms with Gasteiger partial charge in [-0.1, -0.05) is 0 Å². The molecule has 1 aliphatic rings. The van der Waals surface area contributed by atoms with E-state index in [1.165, 1.54) is 0 Å². The minimum Gasteiger partial charge on any atom is -0.478 e. The van der Waals surface area contributed by atoms with Gasteiger partial charge < -0.3 is 5.11 Å². The molecule has 0 saturated heterocycles. The van der Waals surface area contributed by atoms with Gasteiger partial charge in [0.1, 0.15) is 0 Å². The molecule has 0 aromatic carbocycles. The van der Waals surface area contributed by atoms with E-state index in [0.29, 0.717) is 5.57 Å². The second-order valence-electron chi connectivity index (χ2n) is 2.49. The van der Waals surface area contributed by atoms with E-state index in [1.54, 1.807) is 30.4 Å². The van der Waals surface area contributed by atoms with Crippen molar-refractivity contribution in [3.8, 4) is 0 Å². The Morgan fingerprint density at radius 1 is 1.33 bits per heavy atom. The number of hydrogen-bond donors (Lipinski definition) is 1. The monoisotopic (exact) mass is 202 g/mol. The highest BCUT2D eigenvalue weighted by Gasteiger charge is 2.17. The van der Waals surface area contributed by atoms with E-state index >= 15 is 0 Å². The molecule has 0 unspecified atom stereocenters. The van der Waals surface area contributed by atoms with E-state index in [1.807, 2.05) is 17.7 Å². The summed E-state index contributed by atoms with van der Waals surface area (Å²) >= 11 is 3.31. The van der Waals surface area contributed by atoms with Crippen molar-refractivity contribution in [2.75, 3.05) is 0 Å². The van der Waals surface area contributed by atoms with Crippen molar-refractivity contribution in [2.24, 2.45) is 0 Å². The van der Waals surface area contributed by atoms with Crippen molar-refractivity contribution >= 4 is 29.5 Å². The summed E-state index contributed by atoms with van der Waals surface area (Å²) in [6.07, 6.45) is 0. The third-order valence-electron chi connectivity index (χ3n) is 1.73. The van der Waals surface area contributed by atoms with Crippen molar-refractivity contribution in [3.63, 3.8) is 0 Å². The number of hydrogen-bond acceptors (Lipinski definition) is 3. The molecule has 0 aromatic heterocycles. The van der Waals surface area contributed by atoms with Gasteiger partial charge in [-0.3, -0.25) is 0 Å². The molecule has 0 bridgehead atoms. The first-order chi connectivity index (χ1) is 5.63. The second kappa shape index (κ2) is 4.05. The normalized spacial score (nSPS) is 19.5. The highest BCUT2D eigenvalue weighted by molar-refractivity contribution is 8.22. The van der Waals surface area contributed by atoms with Crippen molar-refractivity contribution in [1.29, 1.82) is 0 Å². The van der Waals surface area contributed by atoms with Crippen LogP contribution in [-0.4, -0.2) is 15.7 Å². The zero-order valence-electron chi connectivity index (χ0n) is 6.90. The van der Waals surface area contributed by atoms with E-state index in [4.69, 9.17) is 5.11 Å². The molecule has 66 valence electrons. The highest BCUT2D eigenvalue weighted by atomic mass is 32.2. The Hall–Kier alpha value is -0.350. The molecule has 0 spiro atoms. The van der Waals surface area contributed by atoms with Gasteiger partial charge in [-0.2, -0.15) is 0 Å². The Morgan fingerprint density at radius 3 is 2.25 bits per heavy atom. The number of aliphatic carboxylic acids is 1. The van der Waals surface area contributed by atoms with Crippen LogP contribution in [0.2, 0.25) is 0 Å². The quantitative estimate of drug-likeness (QED) is 0.699. The second-order valence-corrected chi connectivity index (χ2v) is 4.82. The zero-order valence-corrected chi connectivity index (χ0v) is 8.54. The highest BCUT2D eigenvalue weighted by Crippen LogP contribution is 2.38. The summed E-state index contributed by atoms with van der Waals surface area (Å²) in [4.78, 5) is 10.6. The molecule has 0 saturated carbocycles. The van der Waals surface area contributed by atoms with Gasteiger partial charge in [0.15, 0.2) is 0 Å². The largest absolute Gasteiger partial charge is 0.478 e. The topological polar surface area (TPSA) is 37.3 Å². The van der Waals surface area contributed by atoms with Gasteiger partial charge in [-0.05, 0) is 30.2 Å². The molecule has 0 amide bonds. The first-order valence-electron chi connectivity index (χ1n) is 3.49. The first kappa shape index (κ1) is 9.74. The average Bonchev–Trinajstić information content (AvgIpc) is 2.53. The Bertz CT molecular complexity index is 248. The maximum atomic E-state index is 10.6. The molecule has 0 atom stereocenters. The predicted octanol–water partition coefficient (Wildman–Crippen LogP) is 2.68. The van der Waals surface area contributed by atoms with Gasteiger partial charge in [-0.15, -0.1) is 23.5 Å². The van der Waals surface area contributed by atoms with Crippen molar-refractivity contribution in [1.82, 2.24) is 0 Å². The number of carboxylic acid groups (broad SMARTS) is 1. The van der Waals surface area contributed by atoms with Crippen LogP contribution < -0.4 is 0 Å². The minimum atomic E-state index is -0.819. The van der Waals surface area contributed by atoms with Crippen LogP contribution in [-0.2, 0) is 4.79 Å². The summed E-state index contributed by atoms with van der Waals surface area (Å²) < 4.78 is 0.265. The zero-order chi connectivity index (χ0) is 9.14. The van der Waals surface area contributed by atoms with Crippen LogP contribution in [0.1, 0.15) is 13.8 Å². The lowest BCUT2D eigenvalue weighted by Crippen LogP contribution is -2.05. The van der Waals surface area contributed by atoms with Crippen LogP contribution in [0.5, 0.6) is 0 Å². The molecule has 2 nitrogen and oxygen atoms in total. The number of thioether (sulfide) groups is 2. The van der Waals surface area contributed by atoms with E-state index in [0.717, 1.165) is 5.57 Å². The smallest absolute Gasteiger partial charge is 0.331 e. The Labute approximate surface area is 80.1 Å². The van der Waals surface area contributed by atoms with Crippen molar-refractivity contribution in [3.05, 3.63) is 22.0 Å². The first-order valence-corrected chi connectivity index (χ1v) is 5.38. The van der Waals surface area contributed by atoms with Crippen LogP contribution in [0.4, 0.5) is 0 Å². The summed E-state index contributed by atoms with van der Waals surface area (Å²) in [7, 11) is 0. The lowest BCUT2D eigenvalue weighted by molar-refractivity contribution is -0.132. The van der Waals surface area contributed by atoms with Gasteiger partial charge in [-0.25, -0.2) is 4.79 Å². The average molecular weight is 202 g/mol. The van der Waals surface area contributed by atoms with E-state index in [-0.39, 0.29) is 4.58 Å². The molecule has 0 radical (unpaired) electrons. The fourth-order valence-electron chi connectivity index (χ4n) is 0.789. The summed E-state index contributed by atoms with van der Waals surface area (Å²) in [6.45, 7) is 3.53.